The Morgan fingerprint density at radius 1 is 1.69 bits per heavy atom. The second-order valence-electron chi connectivity index (χ2n) is 3.57. The summed E-state index contributed by atoms with van der Waals surface area (Å²) in [5.74, 6) is 0.145. The summed E-state index contributed by atoms with van der Waals surface area (Å²) in [5, 5.41) is 3.94. The van der Waals surface area contributed by atoms with Crippen molar-refractivity contribution in [2.75, 3.05) is 12.3 Å². The molecule has 1 rings (SSSR count). The van der Waals surface area contributed by atoms with Crippen LogP contribution in [0.1, 0.15) is 19.9 Å². The summed E-state index contributed by atoms with van der Waals surface area (Å²) in [5.41, 5.74) is 5.72. The molecule has 6 nitrogen and oxygen atoms in total. The van der Waals surface area contributed by atoms with Crippen molar-refractivity contribution in [2.45, 2.75) is 24.8 Å². The molecular formula is C9H16N4O2S. The minimum absolute atomic E-state index is 0.00282. The van der Waals surface area contributed by atoms with Gasteiger partial charge in [-0.15, -0.1) is 6.58 Å². The lowest BCUT2D eigenvalue weighted by Gasteiger charge is -2.08. The predicted octanol–water partition coefficient (Wildman–Crippen LogP) is 0.511. The number of hydrogen-bond donors (Lipinski definition) is 2. The minimum Gasteiger partial charge on any atom is -0.383 e. The summed E-state index contributed by atoms with van der Waals surface area (Å²) >= 11 is 0. The number of aromatic nitrogens is 2. The summed E-state index contributed by atoms with van der Waals surface area (Å²) in [7, 11) is -3.60. The number of nitrogens with zero attached hydrogens (tertiary/aromatic N) is 2. The number of rotatable bonds is 5. The highest BCUT2D eigenvalue weighted by molar-refractivity contribution is 7.89. The Morgan fingerprint density at radius 3 is 2.75 bits per heavy atom. The van der Waals surface area contributed by atoms with E-state index in [1.54, 1.807) is 0 Å². The molecule has 0 bridgehead atoms. The summed E-state index contributed by atoms with van der Waals surface area (Å²) in [4.78, 5) is 0.00282. The van der Waals surface area contributed by atoms with E-state index >= 15 is 0 Å². The van der Waals surface area contributed by atoms with Crippen molar-refractivity contribution in [1.82, 2.24) is 14.5 Å². The second kappa shape index (κ2) is 4.67. The quantitative estimate of drug-likeness (QED) is 0.738. The van der Waals surface area contributed by atoms with Crippen LogP contribution in [0.2, 0.25) is 0 Å². The first-order valence-electron chi connectivity index (χ1n) is 4.83. The number of sulfonamides is 1. The molecule has 90 valence electrons. The van der Waals surface area contributed by atoms with E-state index in [0.29, 0.717) is 0 Å². The van der Waals surface area contributed by atoms with Gasteiger partial charge in [-0.05, 0) is 13.8 Å². The SMILES string of the molecule is C=CCNS(=O)(=O)c1cnn(C(C)C)c1N. The molecule has 16 heavy (non-hydrogen) atoms. The van der Waals surface area contributed by atoms with Gasteiger partial charge in [0.15, 0.2) is 0 Å². The second-order valence-corrected chi connectivity index (χ2v) is 5.31. The molecule has 1 aromatic heterocycles. The van der Waals surface area contributed by atoms with E-state index < -0.39 is 10.0 Å². The van der Waals surface area contributed by atoms with Crippen LogP contribution in [0.25, 0.3) is 0 Å². The molecule has 0 unspecified atom stereocenters. The molecule has 1 heterocycles. The number of nitrogens with two attached hydrogens (primary N) is 1. The van der Waals surface area contributed by atoms with Gasteiger partial charge in [0, 0.05) is 12.6 Å². The average molecular weight is 244 g/mol. The summed E-state index contributed by atoms with van der Waals surface area (Å²) in [6.45, 7) is 7.34. The average Bonchev–Trinajstić information content (AvgIpc) is 2.58. The molecule has 1 aromatic rings. The lowest BCUT2D eigenvalue weighted by molar-refractivity contribution is 0.539. The van der Waals surface area contributed by atoms with Gasteiger partial charge in [0.05, 0.1) is 6.20 Å². The van der Waals surface area contributed by atoms with E-state index in [0.717, 1.165) is 0 Å². The van der Waals surface area contributed by atoms with Gasteiger partial charge in [0.1, 0.15) is 10.7 Å². The Labute approximate surface area is 95.2 Å². The first-order chi connectivity index (χ1) is 7.40. The summed E-state index contributed by atoms with van der Waals surface area (Å²) < 4.78 is 27.3. The largest absolute Gasteiger partial charge is 0.383 e. The van der Waals surface area contributed by atoms with E-state index in [-0.39, 0.29) is 23.3 Å². The maximum absolute atomic E-state index is 11.8. The molecule has 3 N–H and O–H groups in total. The van der Waals surface area contributed by atoms with Crippen LogP contribution in [0, 0.1) is 0 Å². The van der Waals surface area contributed by atoms with E-state index in [4.69, 9.17) is 5.73 Å². The third-order valence-electron chi connectivity index (χ3n) is 2.00. The van der Waals surface area contributed by atoms with E-state index in [2.05, 4.69) is 16.4 Å². The highest BCUT2D eigenvalue weighted by Crippen LogP contribution is 2.20. The number of nitrogens with one attached hydrogen (secondary N) is 1. The molecule has 0 radical (unpaired) electrons. The van der Waals surface area contributed by atoms with Crippen molar-refractivity contribution < 1.29 is 8.42 Å². The monoisotopic (exact) mass is 244 g/mol. The molecule has 0 aromatic carbocycles. The molecule has 0 spiro atoms. The Bertz CT molecular complexity index is 476. The zero-order chi connectivity index (χ0) is 12.3. The molecule has 0 atom stereocenters. The predicted molar refractivity (Wildman–Crippen MR) is 62.4 cm³/mol. The Hall–Kier alpha value is -1.34. The summed E-state index contributed by atoms with van der Waals surface area (Å²) in [6, 6.07) is 0.0170. The maximum Gasteiger partial charge on any atom is 0.246 e. The molecule has 0 aliphatic rings. The van der Waals surface area contributed by atoms with Crippen molar-refractivity contribution in [1.29, 1.82) is 0 Å². The van der Waals surface area contributed by atoms with Gasteiger partial charge < -0.3 is 5.73 Å². The lowest BCUT2D eigenvalue weighted by atomic mass is 10.4. The van der Waals surface area contributed by atoms with Crippen molar-refractivity contribution in [3.63, 3.8) is 0 Å². The lowest BCUT2D eigenvalue weighted by Crippen LogP contribution is -2.24. The van der Waals surface area contributed by atoms with Crippen LogP contribution >= 0.6 is 0 Å². The molecule has 0 saturated carbocycles. The third kappa shape index (κ3) is 2.42. The Kier molecular flexibility index (Phi) is 3.71. The molecule has 0 fully saturated rings. The molecule has 7 heteroatoms. The first kappa shape index (κ1) is 12.7. The van der Waals surface area contributed by atoms with Crippen molar-refractivity contribution >= 4 is 15.8 Å². The Morgan fingerprint density at radius 2 is 2.31 bits per heavy atom. The van der Waals surface area contributed by atoms with Gasteiger partial charge in [0.25, 0.3) is 0 Å². The van der Waals surface area contributed by atoms with E-state index in [1.165, 1.54) is 17.0 Å². The van der Waals surface area contributed by atoms with Gasteiger partial charge >= 0.3 is 0 Å². The van der Waals surface area contributed by atoms with Gasteiger partial charge in [-0.25, -0.2) is 17.8 Å². The summed E-state index contributed by atoms with van der Waals surface area (Å²) in [6.07, 6.45) is 2.71. The van der Waals surface area contributed by atoms with Crippen molar-refractivity contribution in [2.24, 2.45) is 0 Å². The number of anilines is 1. The highest BCUT2D eigenvalue weighted by atomic mass is 32.2. The molecule has 0 aliphatic heterocycles. The fourth-order valence-corrected chi connectivity index (χ4v) is 2.27. The van der Waals surface area contributed by atoms with Crippen LogP contribution in [-0.2, 0) is 10.0 Å². The molecule has 0 aliphatic carbocycles. The normalized spacial score (nSPS) is 11.9. The third-order valence-corrected chi connectivity index (χ3v) is 3.44. The van der Waals surface area contributed by atoms with Gasteiger partial charge in [-0.1, -0.05) is 6.08 Å². The first-order valence-corrected chi connectivity index (χ1v) is 6.32. The van der Waals surface area contributed by atoms with Gasteiger partial charge in [-0.3, -0.25) is 0 Å². The molecule has 0 amide bonds. The Balaban J connectivity index is 3.10. The van der Waals surface area contributed by atoms with E-state index in [1.807, 2.05) is 13.8 Å². The van der Waals surface area contributed by atoms with Crippen molar-refractivity contribution in [3.05, 3.63) is 18.9 Å². The van der Waals surface area contributed by atoms with Gasteiger partial charge in [-0.2, -0.15) is 5.10 Å². The van der Waals surface area contributed by atoms with Crippen molar-refractivity contribution in [3.8, 4) is 0 Å². The van der Waals surface area contributed by atoms with E-state index in [9.17, 15) is 8.42 Å². The van der Waals surface area contributed by atoms with Crippen LogP contribution in [0.4, 0.5) is 5.82 Å². The minimum atomic E-state index is -3.60. The molecular weight excluding hydrogens is 228 g/mol. The van der Waals surface area contributed by atoms with Crippen LogP contribution < -0.4 is 10.5 Å². The fourth-order valence-electron chi connectivity index (χ4n) is 1.22. The standard InChI is InChI=1S/C9H16N4O2S/c1-4-5-12-16(14,15)8-6-11-13(7(2)3)9(8)10/h4,6-7,12H,1,5,10H2,2-3H3. The number of hydrogen-bond acceptors (Lipinski definition) is 4. The maximum atomic E-state index is 11.8. The zero-order valence-electron chi connectivity index (χ0n) is 9.34. The van der Waals surface area contributed by atoms with Crippen LogP contribution in [-0.4, -0.2) is 24.7 Å². The number of nitrogen functional groups attached to an aromatic ring is 1. The zero-order valence-corrected chi connectivity index (χ0v) is 10.2. The van der Waals surface area contributed by atoms with Crippen LogP contribution in [0.15, 0.2) is 23.7 Å². The highest BCUT2D eigenvalue weighted by Gasteiger charge is 2.21. The fraction of sp³-hybridized carbons (Fsp3) is 0.444. The molecule has 0 saturated heterocycles. The van der Waals surface area contributed by atoms with Gasteiger partial charge in [0.2, 0.25) is 10.0 Å². The van der Waals surface area contributed by atoms with Crippen LogP contribution in [0.3, 0.4) is 0 Å². The smallest absolute Gasteiger partial charge is 0.246 e. The van der Waals surface area contributed by atoms with Crippen LogP contribution in [0.5, 0.6) is 0 Å². The topological polar surface area (TPSA) is 90.0 Å².